The van der Waals surface area contributed by atoms with Crippen LogP contribution in [0, 0.1) is 10.1 Å². The molecule has 0 aliphatic carbocycles. The molecule has 1 aromatic heterocycles. The van der Waals surface area contributed by atoms with E-state index in [-0.39, 0.29) is 30.4 Å². The Balaban J connectivity index is 2.20. The predicted molar refractivity (Wildman–Crippen MR) is 68.8 cm³/mol. The Kier molecular flexibility index (Phi) is 4.43. The average Bonchev–Trinajstić information content (AvgIpc) is 2.93. The van der Waals surface area contributed by atoms with Gasteiger partial charge < -0.3 is 10.5 Å². The zero-order chi connectivity index (χ0) is 15.4. The molecule has 1 aromatic carbocycles. The molecule has 2 aromatic rings. The van der Waals surface area contributed by atoms with E-state index in [9.17, 15) is 18.9 Å². The van der Waals surface area contributed by atoms with E-state index in [0.29, 0.717) is 10.1 Å². The summed E-state index contributed by atoms with van der Waals surface area (Å²) in [5.41, 5.74) is 5.72. The van der Waals surface area contributed by atoms with Crippen molar-refractivity contribution in [2.24, 2.45) is 5.73 Å². The standard InChI is InChI=1S/C12H12F2N4O3/c13-12(14)17-4-3-16-11(17)7-21-10-2-1-8(6-15)5-9(10)18(19)20/h1-5,12H,6-7,15H2. The van der Waals surface area contributed by atoms with Crippen LogP contribution < -0.4 is 10.5 Å². The van der Waals surface area contributed by atoms with Gasteiger partial charge >= 0.3 is 12.2 Å². The molecule has 2 N–H and O–H groups in total. The number of hydrogen-bond donors (Lipinski definition) is 1. The Morgan fingerprint density at radius 3 is 2.86 bits per heavy atom. The van der Waals surface area contributed by atoms with Crippen molar-refractivity contribution in [3.63, 3.8) is 0 Å². The Morgan fingerprint density at radius 2 is 2.24 bits per heavy atom. The topological polar surface area (TPSA) is 96.2 Å². The summed E-state index contributed by atoms with van der Waals surface area (Å²) in [6.07, 6.45) is 2.31. The third-order valence-electron chi connectivity index (χ3n) is 2.77. The average molecular weight is 298 g/mol. The van der Waals surface area contributed by atoms with Crippen molar-refractivity contribution in [2.45, 2.75) is 19.7 Å². The molecule has 0 fully saturated rings. The number of nitro groups is 1. The first kappa shape index (κ1) is 14.9. The van der Waals surface area contributed by atoms with E-state index in [0.717, 1.165) is 6.20 Å². The van der Waals surface area contributed by atoms with Gasteiger partial charge in [-0.15, -0.1) is 0 Å². The number of ether oxygens (including phenoxy) is 1. The Labute approximate surface area is 118 Å². The monoisotopic (exact) mass is 298 g/mol. The summed E-state index contributed by atoms with van der Waals surface area (Å²) in [7, 11) is 0. The second-order valence-corrected chi connectivity index (χ2v) is 4.08. The minimum Gasteiger partial charge on any atom is -0.479 e. The number of benzene rings is 1. The quantitative estimate of drug-likeness (QED) is 0.651. The summed E-state index contributed by atoms with van der Waals surface area (Å²) < 4.78 is 31.1. The van der Waals surface area contributed by atoms with Gasteiger partial charge in [-0.3, -0.25) is 14.7 Å². The second kappa shape index (κ2) is 6.27. The number of nitrogens with two attached hydrogens (primary N) is 1. The lowest BCUT2D eigenvalue weighted by atomic mass is 10.2. The smallest absolute Gasteiger partial charge is 0.320 e. The van der Waals surface area contributed by atoms with Gasteiger partial charge in [0.05, 0.1) is 4.92 Å². The lowest BCUT2D eigenvalue weighted by molar-refractivity contribution is -0.386. The molecule has 21 heavy (non-hydrogen) atoms. The first-order valence-corrected chi connectivity index (χ1v) is 5.93. The highest BCUT2D eigenvalue weighted by Crippen LogP contribution is 2.28. The number of nitrogens with zero attached hydrogens (tertiary/aromatic N) is 3. The summed E-state index contributed by atoms with van der Waals surface area (Å²) in [4.78, 5) is 14.1. The van der Waals surface area contributed by atoms with Gasteiger partial charge in [0.2, 0.25) is 0 Å². The maximum Gasteiger partial charge on any atom is 0.320 e. The number of rotatable bonds is 6. The molecule has 1 heterocycles. The van der Waals surface area contributed by atoms with Crippen LogP contribution in [0.1, 0.15) is 17.9 Å². The summed E-state index contributed by atoms with van der Waals surface area (Å²) >= 11 is 0. The lowest BCUT2D eigenvalue weighted by Crippen LogP contribution is -2.08. The van der Waals surface area contributed by atoms with Crippen LogP contribution in [0.4, 0.5) is 14.5 Å². The summed E-state index contributed by atoms with van der Waals surface area (Å²) in [5, 5.41) is 11.0. The highest BCUT2D eigenvalue weighted by molar-refractivity contribution is 5.48. The van der Waals surface area contributed by atoms with Crippen LogP contribution in [0.25, 0.3) is 0 Å². The number of imidazole rings is 1. The van der Waals surface area contributed by atoms with E-state index < -0.39 is 11.5 Å². The van der Waals surface area contributed by atoms with E-state index in [1.165, 1.54) is 18.3 Å². The number of halogens is 2. The molecule has 0 saturated carbocycles. The third kappa shape index (κ3) is 3.31. The molecule has 0 bridgehead atoms. The zero-order valence-corrected chi connectivity index (χ0v) is 10.8. The van der Waals surface area contributed by atoms with Crippen molar-refractivity contribution in [2.75, 3.05) is 0 Å². The molecular weight excluding hydrogens is 286 g/mol. The van der Waals surface area contributed by atoms with Crippen LogP contribution in [0.15, 0.2) is 30.6 Å². The van der Waals surface area contributed by atoms with Gasteiger partial charge in [-0.25, -0.2) is 4.98 Å². The number of aromatic nitrogens is 2. The minimum atomic E-state index is -2.75. The van der Waals surface area contributed by atoms with Crippen molar-refractivity contribution in [1.29, 1.82) is 0 Å². The summed E-state index contributed by atoms with van der Waals surface area (Å²) in [5.74, 6) is -0.0526. The highest BCUT2D eigenvalue weighted by atomic mass is 19.3. The Hall–Kier alpha value is -2.55. The zero-order valence-electron chi connectivity index (χ0n) is 10.8. The highest BCUT2D eigenvalue weighted by Gasteiger charge is 2.18. The summed E-state index contributed by atoms with van der Waals surface area (Å²) in [6, 6.07) is 4.24. The van der Waals surface area contributed by atoms with Gasteiger partial charge in [-0.05, 0) is 11.6 Å². The fourth-order valence-corrected chi connectivity index (χ4v) is 1.73. The van der Waals surface area contributed by atoms with Gasteiger partial charge in [-0.2, -0.15) is 8.78 Å². The molecule has 0 amide bonds. The van der Waals surface area contributed by atoms with Crippen molar-refractivity contribution in [3.05, 3.63) is 52.1 Å². The van der Waals surface area contributed by atoms with Crippen LogP contribution in [0.3, 0.4) is 0 Å². The van der Waals surface area contributed by atoms with Gasteiger partial charge in [-0.1, -0.05) is 6.07 Å². The van der Waals surface area contributed by atoms with E-state index in [4.69, 9.17) is 10.5 Å². The van der Waals surface area contributed by atoms with Crippen molar-refractivity contribution >= 4 is 5.69 Å². The molecule has 0 aliphatic heterocycles. The fraction of sp³-hybridized carbons (Fsp3) is 0.250. The minimum absolute atomic E-state index is 0.0257. The summed E-state index contributed by atoms with van der Waals surface area (Å²) in [6.45, 7) is -2.91. The Bertz CT molecular complexity index is 645. The molecular formula is C12H12F2N4O3. The normalized spacial score (nSPS) is 10.9. The largest absolute Gasteiger partial charge is 0.479 e. The molecule has 0 atom stereocenters. The number of alkyl halides is 2. The molecule has 0 aliphatic rings. The van der Waals surface area contributed by atoms with Crippen LogP contribution in [-0.2, 0) is 13.2 Å². The van der Waals surface area contributed by atoms with Crippen LogP contribution in [0.2, 0.25) is 0 Å². The molecule has 112 valence electrons. The van der Waals surface area contributed by atoms with E-state index in [1.54, 1.807) is 6.07 Å². The SMILES string of the molecule is NCc1ccc(OCc2nccn2C(F)F)c([N+](=O)[O-])c1. The van der Waals surface area contributed by atoms with Gasteiger partial charge in [0.15, 0.2) is 11.6 Å². The second-order valence-electron chi connectivity index (χ2n) is 4.08. The van der Waals surface area contributed by atoms with Gasteiger partial charge in [0.25, 0.3) is 0 Å². The van der Waals surface area contributed by atoms with Crippen LogP contribution in [0.5, 0.6) is 5.75 Å². The number of nitro benzene ring substituents is 1. The van der Waals surface area contributed by atoms with Crippen LogP contribution >= 0.6 is 0 Å². The third-order valence-corrected chi connectivity index (χ3v) is 2.77. The fourth-order valence-electron chi connectivity index (χ4n) is 1.73. The molecule has 0 radical (unpaired) electrons. The van der Waals surface area contributed by atoms with E-state index in [2.05, 4.69) is 4.98 Å². The van der Waals surface area contributed by atoms with Crippen molar-refractivity contribution in [3.8, 4) is 5.75 Å². The maximum atomic E-state index is 12.6. The molecule has 9 heteroatoms. The lowest BCUT2D eigenvalue weighted by Gasteiger charge is -2.09. The van der Waals surface area contributed by atoms with Gasteiger partial charge in [0.1, 0.15) is 6.61 Å². The first-order chi connectivity index (χ1) is 10.0. The maximum absolute atomic E-state index is 12.6. The Morgan fingerprint density at radius 1 is 1.48 bits per heavy atom. The number of hydrogen-bond acceptors (Lipinski definition) is 5. The van der Waals surface area contributed by atoms with Crippen LogP contribution in [-0.4, -0.2) is 14.5 Å². The molecule has 0 spiro atoms. The molecule has 7 nitrogen and oxygen atoms in total. The van der Waals surface area contributed by atoms with E-state index in [1.807, 2.05) is 0 Å². The van der Waals surface area contributed by atoms with Crippen molar-refractivity contribution in [1.82, 2.24) is 9.55 Å². The van der Waals surface area contributed by atoms with E-state index >= 15 is 0 Å². The van der Waals surface area contributed by atoms with Crippen molar-refractivity contribution < 1.29 is 18.4 Å². The molecule has 2 rings (SSSR count). The predicted octanol–water partition coefficient (Wildman–Crippen LogP) is 2.22. The van der Waals surface area contributed by atoms with Gasteiger partial charge in [0, 0.05) is 25.0 Å². The first-order valence-electron chi connectivity index (χ1n) is 5.93. The molecule has 0 saturated heterocycles. The molecule has 0 unspecified atom stereocenters.